The minimum absolute atomic E-state index is 0.138. The van der Waals surface area contributed by atoms with Gasteiger partial charge in [-0.15, -0.1) is 0 Å². The number of carbonyl (C=O) groups excluding carboxylic acids is 1. The minimum atomic E-state index is 0.138. The molecule has 0 saturated heterocycles. The van der Waals surface area contributed by atoms with Crippen LogP contribution in [-0.4, -0.2) is 10.6 Å². The zero-order valence-electron chi connectivity index (χ0n) is 13.8. The first-order chi connectivity index (χ1) is 10.4. The number of allylic oxidation sites excluding steroid dienone is 4. The molecule has 0 atom stereocenters. The fourth-order valence-corrected chi connectivity index (χ4v) is 2.81. The molecular formula is C20H23OS. The molecule has 0 aromatic heterocycles. The average Bonchev–Trinajstić information content (AvgIpc) is 2.48. The van der Waals surface area contributed by atoms with E-state index < -0.39 is 0 Å². The van der Waals surface area contributed by atoms with Gasteiger partial charge in [0, 0.05) is 23.3 Å². The van der Waals surface area contributed by atoms with E-state index in [0.717, 1.165) is 33.5 Å². The molecule has 0 unspecified atom stereocenters. The fourth-order valence-electron chi connectivity index (χ4n) is 2.57. The Morgan fingerprint density at radius 3 is 2.55 bits per heavy atom. The molecule has 0 amide bonds. The van der Waals surface area contributed by atoms with E-state index in [2.05, 4.69) is 33.8 Å². The van der Waals surface area contributed by atoms with E-state index in [9.17, 15) is 4.79 Å². The first-order valence-corrected chi connectivity index (χ1v) is 8.29. The van der Waals surface area contributed by atoms with Gasteiger partial charge in [0.15, 0.2) is 5.78 Å². The number of ketones is 1. The molecule has 0 spiro atoms. The maximum Gasteiger partial charge on any atom is 0.167 e. The van der Waals surface area contributed by atoms with Crippen LogP contribution in [0.25, 0.3) is 0 Å². The molecule has 1 aliphatic carbocycles. The summed E-state index contributed by atoms with van der Waals surface area (Å²) in [5, 5.41) is 0. The first-order valence-electron chi connectivity index (χ1n) is 7.88. The Hall–Kier alpha value is -1.54. The lowest BCUT2D eigenvalue weighted by molar-refractivity contribution is 0.0993. The number of carbonyl (C=O) groups is 1. The summed E-state index contributed by atoms with van der Waals surface area (Å²) in [5.74, 6) is 0.837. The molecule has 0 heterocycles. The van der Waals surface area contributed by atoms with Gasteiger partial charge >= 0.3 is 0 Å². The Bertz CT molecular complexity index is 648. The molecular weight excluding hydrogens is 288 g/mol. The van der Waals surface area contributed by atoms with Gasteiger partial charge in [-0.25, -0.2) is 0 Å². The molecule has 0 aliphatic heterocycles. The second kappa shape index (κ2) is 7.15. The van der Waals surface area contributed by atoms with Crippen LogP contribution in [0.15, 0.2) is 35.9 Å². The van der Waals surface area contributed by atoms with Crippen LogP contribution in [0, 0.1) is 6.07 Å². The van der Waals surface area contributed by atoms with Crippen LogP contribution in [0.2, 0.25) is 0 Å². The lowest BCUT2D eigenvalue weighted by Gasteiger charge is -2.16. The molecule has 0 fully saturated rings. The normalized spacial score (nSPS) is 14.6. The standard InChI is InChI=1S/C20H23OS/c1-13(2)15-9-10-17(18(11-15)14(3)4)19(21)12-16-7-5-6-8-20(16)22/h5-7,9-10,13-14H,8,12H2,1-4H3. The molecule has 0 bridgehead atoms. The number of benzene rings is 1. The Balaban J connectivity index is 2.31. The second-order valence-electron chi connectivity index (χ2n) is 6.40. The summed E-state index contributed by atoms with van der Waals surface area (Å²) in [5.41, 5.74) is 3.95. The van der Waals surface area contributed by atoms with Crippen LogP contribution in [-0.2, 0) is 0 Å². The molecule has 1 aromatic rings. The van der Waals surface area contributed by atoms with Gasteiger partial charge in [0.05, 0.1) is 0 Å². The Kier molecular flexibility index (Phi) is 5.47. The third kappa shape index (κ3) is 3.80. The van der Waals surface area contributed by atoms with Crippen molar-refractivity contribution in [1.82, 2.24) is 0 Å². The van der Waals surface area contributed by atoms with Crippen molar-refractivity contribution in [3.05, 3.63) is 58.7 Å². The van der Waals surface area contributed by atoms with Crippen molar-refractivity contribution in [1.29, 1.82) is 0 Å². The predicted molar refractivity (Wildman–Crippen MR) is 96.8 cm³/mol. The highest BCUT2D eigenvalue weighted by molar-refractivity contribution is 7.80. The summed E-state index contributed by atoms with van der Waals surface area (Å²) >= 11 is 5.36. The van der Waals surface area contributed by atoms with Crippen molar-refractivity contribution in [3.8, 4) is 0 Å². The molecule has 2 heteroatoms. The quantitative estimate of drug-likeness (QED) is 0.523. The minimum Gasteiger partial charge on any atom is -0.294 e. The highest BCUT2D eigenvalue weighted by Gasteiger charge is 2.18. The zero-order chi connectivity index (χ0) is 16.3. The SMILES string of the molecule is CC(C)c1[c]c(C(C)C)c(C(=O)CC2=CC=CCC2=S)cc1. The Morgan fingerprint density at radius 1 is 1.23 bits per heavy atom. The smallest absolute Gasteiger partial charge is 0.167 e. The van der Waals surface area contributed by atoms with Crippen molar-refractivity contribution >= 4 is 22.9 Å². The van der Waals surface area contributed by atoms with Crippen molar-refractivity contribution in [2.24, 2.45) is 0 Å². The largest absolute Gasteiger partial charge is 0.294 e. The predicted octanol–water partition coefficient (Wildman–Crippen LogP) is 5.56. The Morgan fingerprint density at radius 2 is 1.95 bits per heavy atom. The molecule has 2 rings (SSSR count). The van der Waals surface area contributed by atoms with Crippen LogP contribution in [0.4, 0.5) is 0 Å². The number of hydrogen-bond donors (Lipinski definition) is 0. The van der Waals surface area contributed by atoms with Gasteiger partial charge in [0.25, 0.3) is 0 Å². The monoisotopic (exact) mass is 311 g/mol. The third-order valence-electron chi connectivity index (χ3n) is 3.94. The van der Waals surface area contributed by atoms with Crippen LogP contribution >= 0.6 is 12.2 Å². The lowest BCUT2D eigenvalue weighted by Crippen LogP contribution is -2.11. The van der Waals surface area contributed by atoms with E-state index in [4.69, 9.17) is 12.2 Å². The number of hydrogen-bond acceptors (Lipinski definition) is 2. The van der Waals surface area contributed by atoms with Crippen molar-refractivity contribution < 1.29 is 4.79 Å². The van der Waals surface area contributed by atoms with Crippen molar-refractivity contribution in [2.45, 2.75) is 52.4 Å². The highest BCUT2D eigenvalue weighted by atomic mass is 32.1. The molecule has 1 radical (unpaired) electrons. The number of Topliss-reactive ketones (excluding diaryl/α,β-unsaturated/α-hetero) is 1. The molecule has 0 saturated carbocycles. The third-order valence-corrected chi connectivity index (χ3v) is 4.37. The summed E-state index contributed by atoms with van der Waals surface area (Å²) in [4.78, 5) is 13.6. The fraction of sp³-hybridized carbons (Fsp3) is 0.400. The molecule has 1 aromatic carbocycles. The Labute approximate surface area is 139 Å². The van der Waals surface area contributed by atoms with Gasteiger partial charge in [0.2, 0.25) is 0 Å². The van der Waals surface area contributed by atoms with Crippen LogP contribution in [0.3, 0.4) is 0 Å². The maximum atomic E-state index is 12.7. The summed E-state index contributed by atoms with van der Waals surface area (Å²) in [6.45, 7) is 8.52. The summed E-state index contributed by atoms with van der Waals surface area (Å²) in [6.07, 6.45) is 7.13. The maximum absolute atomic E-state index is 12.7. The first kappa shape index (κ1) is 16.8. The van der Waals surface area contributed by atoms with Gasteiger partial charge in [-0.05, 0) is 34.6 Å². The number of rotatable bonds is 5. The van der Waals surface area contributed by atoms with E-state index in [0.29, 0.717) is 12.3 Å². The zero-order valence-corrected chi connectivity index (χ0v) is 14.6. The van der Waals surface area contributed by atoms with E-state index in [1.165, 1.54) is 0 Å². The molecule has 115 valence electrons. The van der Waals surface area contributed by atoms with Gasteiger partial charge < -0.3 is 0 Å². The number of thiocarbonyl (C=S) groups is 1. The summed E-state index contributed by atoms with van der Waals surface area (Å²) in [6, 6.07) is 7.44. The summed E-state index contributed by atoms with van der Waals surface area (Å²) < 4.78 is 0. The van der Waals surface area contributed by atoms with Crippen LogP contribution in [0.1, 0.15) is 73.9 Å². The van der Waals surface area contributed by atoms with E-state index >= 15 is 0 Å². The van der Waals surface area contributed by atoms with Crippen molar-refractivity contribution in [2.75, 3.05) is 0 Å². The molecule has 0 N–H and O–H groups in total. The highest BCUT2D eigenvalue weighted by Crippen LogP contribution is 2.26. The van der Waals surface area contributed by atoms with Gasteiger partial charge in [0.1, 0.15) is 0 Å². The van der Waals surface area contributed by atoms with E-state index in [1.54, 1.807) is 0 Å². The average molecular weight is 311 g/mol. The molecule has 1 aliphatic rings. The summed E-state index contributed by atoms with van der Waals surface area (Å²) in [7, 11) is 0. The van der Waals surface area contributed by atoms with Gasteiger partial charge in [-0.2, -0.15) is 0 Å². The van der Waals surface area contributed by atoms with Gasteiger partial charge in [-0.1, -0.05) is 70.3 Å². The van der Waals surface area contributed by atoms with Crippen LogP contribution < -0.4 is 0 Å². The van der Waals surface area contributed by atoms with Crippen molar-refractivity contribution in [3.63, 3.8) is 0 Å². The molecule has 22 heavy (non-hydrogen) atoms. The topological polar surface area (TPSA) is 17.1 Å². The lowest BCUT2D eigenvalue weighted by atomic mass is 9.87. The van der Waals surface area contributed by atoms with E-state index in [1.807, 2.05) is 30.4 Å². The van der Waals surface area contributed by atoms with Gasteiger partial charge in [-0.3, -0.25) is 4.79 Å². The van der Waals surface area contributed by atoms with E-state index in [-0.39, 0.29) is 11.7 Å². The second-order valence-corrected chi connectivity index (χ2v) is 6.89. The molecule has 1 nitrogen and oxygen atoms in total. The van der Waals surface area contributed by atoms with Crippen LogP contribution in [0.5, 0.6) is 0 Å².